The van der Waals surface area contributed by atoms with Crippen LogP contribution in [0.1, 0.15) is 18.4 Å². The first-order valence-corrected chi connectivity index (χ1v) is 7.66. The van der Waals surface area contributed by atoms with Crippen LogP contribution in [0.3, 0.4) is 0 Å². The molecule has 1 aliphatic rings. The molecule has 1 aromatic rings. The highest BCUT2D eigenvalue weighted by molar-refractivity contribution is 9.10. The van der Waals surface area contributed by atoms with Crippen LogP contribution in [0.4, 0.5) is 5.69 Å². The van der Waals surface area contributed by atoms with Crippen LogP contribution in [0.15, 0.2) is 22.7 Å². The number of nitrogens with two attached hydrogens (primary N) is 1. The fourth-order valence-corrected chi connectivity index (χ4v) is 3.64. The largest absolute Gasteiger partial charge is 0.369 e. The summed E-state index contributed by atoms with van der Waals surface area (Å²) in [6.07, 6.45) is 2.37. The van der Waals surface area contributed by atoms with Gasteiger partial charge in [-0.05, 0) is 67.5 Å². The van der Waals surface area contributed by atoms with E-state index in [1.54, 1.807) is 0 Å². The molecule has 0 amide bonds. The minimum absolute atomic E-state index is 0.0998. The Morgan fingerprint density at radius 2 is 2.16 bits per heavy atom. The molecule has 3 nitrogen and oxygen atoms in total. The number of hydrogen-bond acceptors (Lipinski definition) is 3. The van der Waals surface area contributed by atoms with E-state index in [0.717, 1.165) is 13.1 Å². The Hall–Kier alpha value is -0.580. The molecule has 0 radical (unpaired) electrons. The number of rotatable bonds is 3. The summed E-state index contributed by atoms with van der Waals surface area (Å²) in [5.41, 5.74) is 8.73. The van der Waals surface area contributed by atoms with Crippen molar-refractivity contribution in [2.75, 3.05) is 38.6 Å². The fourth-order valence-electron chi connectivity index (χ4n) is 2.90. The molecule has 1 aromatic carbocycles. The third-order valence-corrected chi connectivity index (χ3v) is 4.96. The van der Waals surface area contributed by atoms with E-state index in [4.69, 9.17) is 5.73 Å². The smallest absolute Gasteiger partial charge is 0.0511 e. The lowest BCUT2D eigenvalue weighted by atomic mass is 9.87. The molecule has 1 saturated heterocycles. The van der Waals surface area contributed by atoms with Gasteiger partial charge in [0.15, 0.2) is 0 Å². The predicted molar refractivity (Wildman–Crippen MR) is 85.8 cm³/mol. The van der Waals surface area contributed by atoms with E-state index in [9.17, 15) is 0 Å². The number of piperidine rings is 1. The van der Waals surface area contributed by atoms with Crippen molar-refractivity contribution in [1.82, 2.24) is 4.90 Å². The number of hydrogen-bond donors (Lipinski definition) is 1. The van der Waals surface area contributed by atoms with E-state index >= 15 is 0 Å². The zero-order valence-electron chi connectivity index (χ0n) is 12.1. The lowest BCUT2D eigenvalue weighted by molar-refractivity contribution is 0.135. The second kappa shape index (κ2) is 5.81. The standard InChI is InChI=1S/C15H24BrN3/c1-12-5-6-14(13(16)9-12)19-8-4-7-15(10-17,11-19)18(2)3/h5-6,9H,4,7-8,10-11,17H2,1-3H3. The molecule has 1 fully saturated rings. The van der Waals surface area contributed by atoms with Crippen LogP contribution in [-0.2, 0) is 0 Å². The maximum Gasteiger partial charge on any atom is 0.0511 e. The molecule has 2 N–H and O–H groups in total. The third kappa shape index (κ3) is 2.96. The van der Waals surface area contributed by atoms with Gasteiger partial charge in [0.1, 0.15) is 0 Å². The van der Waals surface area contributed by atoms with Crippen molar-refractivity contribution in [2.24, 2.45) is 5.73 Å². The zero-order valence-corrected chi connectivity index (χ0v) is 13.7. The monoisotopic (exact) mass is 325 g/mol. The van der Waals surface area contributed by atoms with Gasteiger partial charge in [-0.3, -0.25) is 0 Å². The first-order chi connectivity index (χ1) is 8.98. The van der Waals surface area contributed by atoms with Crippen LogP contribution < -0.4 is 10.6 Å². The SMILES string of the molecule is Cc1ccc(N2CCCC(CN)(N(C)C)C2)c(Br)c1. The molecule has 2 rings (SSSR count). The lowest BCUT2D eigenvalue weighted by Gasteiger charge is -2.47. The first kappa shape index (κ1) is 14.8. The maximum atomic E-state index is 6.06. The van der Waals surface area contributed by atoms with E-state index in [-0.39, 0.29) is 5.54 Å². The third-order valence-electron chi connectivity index (χ3n) is 4.33. The van der Waals surface area contributed by atoms with Crippen LogP contribution in [-0.4, -0.2) is 44.2 Å². The van der Waals surface area contributed by atoms with Crippen molar-refractivity contribution in [2.45, 2.75) is 25.3 Å². The minimum atomic E-state index is 0.0998. The molecular weight excluding hydrogens is 302 g/mol. The topological polar surface area (TPSA) is 32.5 Å². The quantitative estimate of drug-likeness (QED) is 0.927. The van der Waals surface area contributed by atoms with E-state index in [1.807, 2.05) is 0 Å². The van der Waals surface area contributed by atoms with Crippen LogP contribution in [0.2, 0.25) is 0 Å². The second-order valence-electron chi connectivity index (χ2n) is 5.80. The van der Waals surface area contributed by atoms with Gasteiger partial charge in [0.25, 0.3) is 0 Å². The Bertz CT molecular complexity index is 447. The van der Waals surface area contributed by atoms with Crippen molar-refractivity contribution < 1.29 is 0 Å². The zero-order chi connectivity index (χ0) is 14.0. The number of nitrogens with zero attached hydrogens (tertiary/aromatic N) is 2. The van der Waals surface area contributed by atoms with Crippen molar-refractivity contribution in [3.63, 3.8) is 0 Å². The molecule has 0 aliphatic carbocycles. The van der Waals surface area contributed by atoms with Gasteiger partial charge in [0.2, 0.25) is 0 Å². The second-order valence-corrected chi connectivity index (χ2v) is 6.66. The maximum absolute atomic E-state index is 6.06. The minimum Gasteiger partial charge on any atom is -0.369 e. The van der Waals surface area contributed by atoms with Crippen molar-refractivity contribution in [3.05, 3.63) is 28.2 Å². The van der Waals surface area contributed by atoms with Crippen LogP contribution in [0.25, 0.3) is 0 Å². The average molecular weight is 326 g/mol. The fraction of sp³-hybridized carbons (Fsp3) is 0.600. The Morgan fingerprint density at radius 3 is 2.74 bits per heavy atom. The Kier molecular flexibility index (Phi) is 4.54. The molecule has 1 atom stereocenters. The summed E-state index contributed by atoms with van der Waals surface area (Å²) in [5.74, 6) is 0. The van der Waals surface area contributed by atoms with Gasteiger partial charge in [-0.15, -0.1) is 0 Å². The highest BCUT2D eigenvalue weighted by Gasteiger charge is 2.36. The van der Waals surface area contributed by atoms with Gasteiger partial charge >= 0.3 is 0 Å². The molecule has 0 aromatic heterocycles. The van der Waals surface area contributed by atoms with E-state index < -0.39 is 0 Å². The van der Waals surface area contributed by atoms with Gasteiger partial charge in [0, 0.05) is 24.1 Å². The number of aryl methyl sites for hydroxylation is 1. The van der Waals surface area contributed by atoms with Gasteiger partial charge in [-0.25, -0.2) is 0 Å². The molecule has 0 saturated carbocycles. The van der Waals surface area contributed by atoms with Crippen LogP contribution in [0.5, 0.6) is 0 Å². The number of benzene rings is 1. The van der Waals surface area contributed by atoms with Gasteiger partial charge in [-0.2, -0.15) is 0 Å². The summed E-state index contributed by atoms with van der Waals surface area (Å²) >= 11 is 3.69. The number of anilines is 1. The highest BCUT2D eigenvalue weighted by Crippen LogP contribution is 2.33. The Morgan fingerprint density at radius 1 is 1.42 bits per heavy atom. The van der Waals surface area contributed by atoms with Crippen molar-refractivity contribution in [1.29, 1.82) is 0 Å². The molecular formula is C15H24BrN3. The normalized spacial score (nSPS) is 24.0. The van der Waals surface area contributed by atoms with Gasteiger partial charge in [0.05, 0.1) is 11.2 Å². The number of halogens is 1. The molecule has 19 heavy (non-hydrogen) atoms. The summed E-state index contributed by atoms with van der Waals surface area (Å²) in [4.78, 5) is 4.75. The Labute approximate surface area is 124 Å². The molecule has 1 heterocycles. The molecule has 1 aliphatic heterocycles. The van der Waals surface area contributed by atoms with E-state index in [2.05, 4.69) is 64.9 Å². The average Bonchev–Trinajstić information content (AvgIpc) is 2.38. The van der Waals surface area contributed by atoms with Crippen LogP contribution in [0, 0.1) is 6.92 Å². The van der Waals surface area contributed by atoms with Crippen molar-refractivity contribution >= 4 is 21.6 Å². The van der Waals surface area contributed by atoms with E-state index in [1.165, 1.54) is 28.6 Å². The summed E-state index contributed by atoms with van der Waals surface area (Å²) in [6, 6.07) is 6.57. The first-order valence-electron chi connectivity index (χ1n) is 6.87. The van der Waals surface area contributed by atoms with Crippen molar-refractivity contribution in [3.8, 4) is 0 Å². The molecule has 0 bridgehead atoms. The Balaban J connectivity index is 2.26. The molecule has 1 unspecified atom stereocenters. The van der Waals surface area contributed by atoms with Gasteiger partial charge < -0.3 is 15.5 Å². The molecule has 0 spiro atoms. The summed E-state index contributed by atoms with van der Waals surface area (Å²) in [6.45, 7) is 4.93. The lowest BCUT2D eigenvalue weighted by Crippen LogP contribution is -2.60. The summed E-state index contributed by atoms with van der Waals surface area (Å²) in [7, 11) is 4.28. The summed E-state index contributed by atoms with van der Waals surface area (Å²) < 4.78 is 1.18. The highest BCUT2D eigenvalue weighted by atomic mass is 79.9. The molecule has 4 heteroatoms. The molecule has 106 valence electrons. The summed E-state index contributed by atoms with van der Waals surface area (Å²) in [5, 5.41) is 0. The van der Waals surface area contributed by atoms with E-state index in [0.29, 0.717) is 6.54 Å². The van der Waals surface area contributed by atoms with Gasteiger partial charge in [-0.1, -0.05) is 6.07 Å². The van der Waals surface area contributed by atoms with Crippen LogP contribution >= 0.6 is 15.9 Å². The predicted octanol–water partition coefficient (Wildman–Crippen LogP) is 2.62. The number of likely N-dealkylation sites (N-methyl/N-ethyl adjacent to an activating group) is 1.